The molecule has 0 aliphatic carbocycles. The fourth-order valence-electron chi connectivity index (χ4n) is 2.39. The molecule has 3 nitrogen and oxygen atoms in total. The Morgan fingerprint density at radius 2 is 2.10 bits per heavy atom. The third-order valence-corrected chi connectivity index (χ3v) is 4.64. The van der Waals surface area contributed by atoms with Gasteiger partial charge in [-0.25, -0.2) is 0 Å². The zero-order chi connectivity index (χ0) is 14.4. The summed E-state index contributed by atoms with van der Waals surface area (Å²) in [6, 6.07) is 10.2. The topological polar surface area (TPSA) is 26.7 Å². The Morgan fingerprint density at radius 3 is 2.70 bits per heavy atom. The third-order valence-electron chi connectivity index (χ3n) is 3.57. The monoisotopic (exact) mass is 292 g/mol. The molecule has 0 amide bonds. The Morgan fingerprint density at radius 1 is 1.35 bits per heavy atom. The highest BCUT2D eigenvalue weighted by atomic mass is 32.2. The van der Waals surface area contributed by atoms with Gasteiger partial charge in [-0.2, -0.15) is 0 Å². The van der Waals surface area contributed by atoms with E-state index >= 15 is 0 Å². The fourth-order valence-corrected chi connectivity index (χ4v) is 3.37. The molecule has 1 N–H and O–H groups in total. The molecule has 20 heavy (non-hydrogen) atoms. The van der Waals surface area contributed by atoms with Gasteiger partial charge in [0.1, 0.15) is 6.23 Å². The van der Waals surface area contributed by atoms with Crippen LogP contribution in [0.3, 0.4) is 0 Å². The average molecular weight is 292 g/mol. The summed E-state index contributed by atoms with van der Waals surface area (Å²) in [5, 5.41) is 13.1. The molecular formula is C16H24N2OS. The van der Waals surface area contributed by atoms with Crippen LogP contribution in [0.25, 0.3) is 0 Å². The summed E-state index contributed by atoms with van der Waals surface area (Å²) < 4.78 is 0. The molecule has 0 radical (unpaired) electrons. The summed E-state index contributed by atoms with van der Waals surface area (Å²) >= 11 is 1.82. The highest BCUT2D eigenvalue weighted by molar-refractivity contribution is 8.02. The van der Waals surface area contributed by atoms with Crippen LogP contribution >= 0.6 is 11.8 Å². The molecule has 110 valence electrons. The van der Waals surface area contributed by atoms with E-state index in [1.807, 2.05) is 30.0 Å². The van der Waals surface area contributed by atoms with Crippen molar-refractivity contribution in [3.05, 3.63) is 47.5 Å². The van der Waals surface area contributed by atoms with Crippen molar-refractivity contribution in [1.29, 1.82) is 0 Å². The van der Waals surface area contributed by atoms with E-state index in [0.717, 1.165) is 19.5 Å². The normalized spacial score (nSPS) is 19.8. The quantitative estimate of drug-likeness (QED) is 0.782. The smallest absolute Gasteiger partial charge is 0.111 e. The van der Waals surface area contributed by atoms with Gasteiger partial charge in [-0.15, -0.1) is 11.8 Å². The van der Waals surface area contributed by atoms with Crippen molar-refractivity contribution >= 4 is 11.8 Å². The number of likely N-dealkylation sites (N-methyl/N-ethyl adjacent to an activating group) is 1. The minimum atomic E-state index is -0.410. The molecule has 1 heterocycles. The Hall–Kier alpha value is -0.970. The second-order valence-electron chi connectivity index (χ2n) is 5.21. The Balaban J connectivity index is 1.93. The van der Waals surface area contributed by atoms with Crippen LogP contribution in [0.5, 0.6) is 0 Å². The van der Waals surface area contributed by atoms with Gasteiger partial charge in [0, 0.05) is 32.8 Å². The van der Waals surface area contributed by atoms with Crippen molar-refractivity contribution in [2.75, 3.05) is 20.1 Å². The van der Waals surface area contributed by atoms with E-state index in [1.54, 1.807) is 0 Å². The van der Waals surface area contributed by atoms with Crippen LogP contribution in [-0.2, 0) is 6.42 Å². The van der Waals surface area contributed by atoms with Crippen LogP contribution in [0.2, 0.25) is 0 Å². The fraction of sp³-hybridized carbons (Fsp3) is 0.500. The molecule has 2 atom stereocenters. The van der Waals surface area contributed by atoms with Crippen molar-refractivity contribution in [2.24, 2.45) is 0 Å². The Labute approximate surface area is 126 Å². The first-order valence-electron chi connectivity index (χ1n) is 7.21. The predicted octanol–water partition coefficient (Wildman–Crippen LogP) is 2.74. The number of thioether (sulfide) groups is 1. The number of rotatable bonds is 7. The molecule has 2 rings (SSSR count). The number of aliphatic hydroxyl groups excluding tert-OH is 1. The molecular weight excluding hydrogens is 268 g/mol. The first-order valence-corrected chi connectivity index (χ1v) is 8.15. The zero-order valence-corrected chi connectivity index (χ0v) is 13.1. The Kier molecular flexibility index (Phi) is 5.95. The number of aliphatic hydroxyl groups is 1. The summed E-state index contributed by atoms with van der Waals surface area (Å²) in [5.74, 6) is 0. The predicted molar refractivity (Wildman–Crippen MR) is 86.3 cm³/mol. The van der Waals surface area contributed by atoms with Crippen molar-refractivity contribution in [2.45, 2.75) is 31.4 Å². The zero-order valence-electron chi connectivity index (χ0n) is 12.3. The highest BCUT2D eigenvalue weighted by Crippen LogP contribution is 2.24. The van der Waals surface area contributed by atoms with Gasteiger partial charge in [0.05, 0.1) is 5.37 Å². The van der Waals surface area contributed by atoms with Crippen molar-refractivity contribution in [1.82, 2.24) is 9.80 Å². The van der Waals surface area contributed by atoms with E-state index in [4.69, 9.17) is 0 Å². The molecule has 1 aromatic carbocycles. The van der Waals surface area contributed by atoms with Gasteiger partial charge in [-0.1, -0.05) is 37.3 Å². The molecule has 0 fully saturated rings. The van der Waals surface area contributed by atoms with E-state index < -0.39 is 6.23 Å². The summed E-state index contributed by atoms with van der Waals surface area (Å²) in [7, 11) is 2.09. The Bertz CT molecular complexity index is 424. The molecule has 1 aliphatic heterocycles. The van der Waals surface area contributed by atoms with Gasteiger partial charge in [0.2, 0.25) is 0 Å². The van der Waals surface area contributed by atoms with Crippen molar-refractivity contribution < 1.29 is 5.11 Å². The lowest BCUT2D eigenvalue weighted by atomic mass is 10.1. The summed E-state index contributed by atoms with van der Waals surface area (Å²) in [4.78, 5) is 4.40. The lowest BCUT2D eigenvalue weighted by Gasteiger charge is -2.32. The second-order valence-corrected chi connectivity index (χ2v) is 6.30. The molecule has 1 aromatic rings. The first-order chi connectivity index (χ1) is 9.70. The molecule has 0 bridgehead atoms. The average Bonchev–Trinajstić information content (AvgIpc) is 2.85. The lowest BCUT2D eigenvalue weighted by Crippen LogP contribution is -2.44. The van der Waals surface area contributed by atoms with Crippen LogP contribution in [-0.4, -0.2) is 46.6 Å². The standard InChI is InChI=1S/C16H24N2OS/c1-3-9-18(13-16-17(2)10-11-20-16)15(19)12-14-7-5-4-6-8-14/h4-8,10-11,15-16,19H,3,9,12-13H2,1-2H3. The van der Waals surface area contributed by atoms with E-state index in [9.17, 15) is 5.11 Å². The molecule has 0 saturated heterocycles. The maximum absolute atomic E-state index is 10.5. The molecule has 0 saturated carbocycles. The van der Waals surface area contributed by atoms with E-state index in [-0.39, 0.29) is 0 Å². The maximum atomic E-state index is 10.5. The van der Waals surface area contributed by atoms with Gasteiger partial charge in [0.15, 0.2) is 0 Å². The summed E-state index contributed by atoms with van der Waals surface area (Å²) in [6.45, 7) is 3.97. The van der Waals surface area contributed by atoms with Crippen molar-refractivity contribution in [3.8, 4) is 0 Å². The van der Waals surface area contributed by atoms with E-state index in [0.29, 0.717) is 11.8 Å². The van der Waals surface area contributed by atoms with Crippen LogP contribution in [0.1, 0.15) is 18.9 Å². The maximum Gasteiger partial charge on any atom is 0.111 e. The third kappa shape index (κ3) is 4.27. The van der Waals surface area contributed by atoms with Crippen LogP contribution in [0.15, 0.2) is 41.9 Å². The minimum Gasteiger partial charge on any atom is -0.378 e. The molecule has 1 aliphatic rings. The number of hydrogen-bond donors (Lipinski definition) is 1. The molecule has 0 aromatic heterocycles. The van der Waals surface area contributed by atoms with Gasteiger partial charge in [0.25, 0.3) is 0 Å². The van der Waals surface area contributed by atoms with Crippen molar-refractivity contribution in [3.63, 3.8) is 0 Å². The summed E-state index contributed by atoms with van der Waals surface area (Å²) in [6.07, 6.45) is 3.44. The number of nitrogens with zero attached hydrogens (tertiary/aromatic N) is 2. The van der Waals surface area contributed by atoms with Gasteiger partial charge >= 0.3 is 0 Å². The minimum absolute atomic E-state index is 0.409. The lowest BCUT2D eigenvalue weighted by molar-refractivity contribution is -0.000354. The highest BCUT2D eigenvalue weighted by Gasteiger charge is 2.23. The number of benzene rings is 1. The summed E-state index contributed by atoms with van der Waals surface area (Å²) in [5.41, 5.74) is 1.19. The van der Waals surface area contributed by atoms with Crippen LogP contribution in [0, 0.1) is 0 Å². The van der Waals surface area contributed by atoms with Gasteiger partial charge in [-0.05, 0) is 17.4 Å². The molecule has 0 spiro atoms. The van der Waals surface area contributed by atoms with Crippen LogP contribution in [0.4, 0.5) is 0 Å². The van der Waals surface area contributed by atoms with E-state index in [2.05, 4.69) is 47.5 Å². The second kappa shape index (κ2) is 7.72. The largest absolute Gasteiger partial charge is 0.378 e. The molecule has 4 heteroatoms. The van der Waals surface area contributed by atoms with Gasteiger partial charge in [-0.3, -0.25) is 4.90 Å². The molecule has 2 unspecified atom stereocenters. The number of hydrogen-bond acceptors (Lipinski definition) is 4. The SMILES string of the molecule is CCCN(CC1SC=CN1C)C(O)Cc1ccccc1. The van der Waals surface area contributed by atoms with Crippen LogP contribution < -0.4 is 0 Å². The van der Waals surface area contributed by atoms with Gasteiger partial charge < -0.3 is 10.0 Å². The first kappa shape index (κ1) is 15.4. The van der Waals surface area contributed by atoms with E-state index in [1.165, 1.54) is 5.56 Å².